The van der Waals surface area contributed by atoms with Crippen molar-refractivity contribution in [1.82, 2.24) is 4.98 Å². The molecule has 0 aliphatic heterocycles. The number of pyridine rings is 1. The molecule has 1 aromatic heterocycles. The smallest absolute Gasteiger partial charge is 0.295 e. The van der Waals surface area contributed by atoms with Crippen LogP contribution in [-0.2, 0) is 0 Å². The van der Waals surface area contributed by atoms with E-state index in [2.05, 4.69) is 17.2 Å². The number of anilines is 1. The van der Waals surface area contributed by atoms with E-state index in [1.165, 1.54) is 6.07 Å². The molecular weight excluding hydrogens is 218 g/mol. The Morgan fingerprint density at radius 3 is 2.94 bits per heavy atom. The molecule has 0 unspecified atom stereocenters. The fourth-order valence-corrected chi connectivity index (χ4v) is 1.72. The van der Waals surface area contributed by atoms with Gasteiger partial charge in [0.25, 0.3) is 5.69 Å². The van der Waals surface area contributed by atoms with E-state index < -0.39 is 4.92 Å². The number of aromatic nitrogens is 1. The number of rotatable bonds is 4. The molecule has 0 amide bonds. The fraction of sp³-hybridized carbons (Fsp3) is 0.250. The van der Waals surface area contributed by atoms with Crippen molar-refractivity contribution in [2.45, 2.75) is 13.3 Å². The van der Waals surface area contributed by atoms with E-state index in [4.69, 9.17) is 0 Å². The summed E-state index contributed by atoms with van der Waals surface area (Å²) in [5, 5.41) is 14.9. The zero-order chi connectivity index (χ0) is 12.3. The molecule has 2 rings (SSSR count). The number of benzene rings is 1. The minimum absolute atomic E-state index is 0.0441. The van der Waals surface area contributed by atoms with E-state index in [1.54, 1.807) is 18.3 Å². The third kappa shape index (κ3) is 2.18. The van der Waals surface area contributed by atoms with Gasteiger partial charge in [-0.3, -0.25) is 10.1 Å². The van der Waals surface area contributed by atoms with Gasteiger partial charge in [-0.25, -0.2) is 4.98 Å². The molecular formula is C12H13N3O2. The number of non-ortho nitro benzene ring substituents is 1. The van der Waals surface area contributed by atoms with Crippen LogP contribution in [0.5, 0.6) is 0 Å². The fourth-order valence-electron chi connectivity index (χ4n) is 1.72. The lowest BCUT2D eigenvalue weighted by Gasteiger charge is -2.08. The third-order valence-electron chi connectivity index (χ3n) is 2.51. The zero-order valence-electron chi connectivity index (χ0n) is 9.51. The monoisotopic (exact) mass is 231 g/mol. The van der Waals surface area contributed by atoms with Gasteiger partial charge in [-0.05, 0) is 24.6 Å². The summed E-state index contributed by atoms with van der Waals surface area (Å²) in [5.41, 5.74) is 1.36. The van der Waals surface area contributed by atoms with Gasteiger partial charge in [0.15, 0.2) is 0 Å². The number of fused-ring (bicyclic) bond motifs is 1. The van der Waals surface area contributed by atoms with Gasteiger partial charge in [0, 0.05) is 29.9 Å². The summed E-state index contributed by atoms with van der Waals surface area (Å²) in [6.07, 6.45) is 2.57. The van der Waals surface area contributed by atoms with Crippen LogP contribution in [0.3, 0.4) is 0 Å². The van der Waals surface area contributed by atoms with Crippen LogP contribution in [-0.4, -0.2) is 16.5 Å². The van der Waals surface area contributed by atoms with Crippen LogP contribution in [0.4, 0.5) is 11.4 Å². The Labute approximate surface area is 98.6 Å². The maximum atomic E-state index is 10.9. The lowest BCUT2D eigenvalue weighted by atomic mass is 10.1. The standard InChI is InChI=1S/C12H13N3O2/c1-2-7-13-10-5-6-11(15(16)17)12-9(10)4-3-8-14-12/h3-6,8,13H,2,7H2,1H3. The average molecular weight is 231 g/mol. The molecule has 1 N–H and O–H groups in total. The van der Waals surface area contributed by atoms with Crippen molar-refractivity contribution in [1.29, 1.82) is 0 Å². The Kier molecular flexibility index (Phi) is 3.18. The molecule has 0 saturated carbocycles. The molecule has 0 radical (unpaired) electrons. The molecule has 0 bridgehead atoms. The molecule has 0 saturated heterocycles. The summed E-state index contributed by atoms with van der Waals surface area (Å²) in [5.74, 6) is 0. The number of hydrogen-bond donors (Lipinski definition) is 1. The van der Waals surface area contributed by atoms with E-state index in [0.29, 0.717) is 5.52 Å². The maximum absolute atomic E-state index is 10.9. The Balaban J connectivity index is 2.58. The van der Waals surface area contributed by atoms with Crippen molar-refractivity contribution >= 4 is 22.3 Å². The summed E-state index contributed by atoms with van der Waals surface area (Å²) in [6, 6.07) is 6.85. The highest BCUT2D eigenvalue weighted by atomic mass is 16.6. The quantitative estimate of drug-likeness (QED) is 0.648. The van der Waals surface area contributed by atoms with Crippen molar-refractivity contribution in [2.75, 3.05) is 11.9 Å². The van der Waals surface area contributed by atoms with Crippen molar-refractivity contribution in [3.05, 3.63) is 40.6 Å². The highest BCUT2D eigenvalue weighted by Gasteiger charge is 2.14. The zero-order valence-corrected chi connectivity index (χ0v) is 9.51. The largest absolute Gasteiger partial charge is 0.385 e. The maximum Gasteiger partial charge on any atom is 0.295 e. The van der Waals surface area contributed by atoms with Gasteiger partial charge in [0.05, 0.1) is 4.92 Å². The second kappa shape index (κ2) is 4.78. The lowest BCUT2D eigenvalue weighted by molar-refractivity contribution is -0.383. The number of nitrogens with zero attached hydrogens (tertiary/aromatic N) is 2. The summed E-state index contributed by atoms with van der Waals surface area (Å²) in [7, 11) is 0. The summed E-state index contributed by atoms with van der Waals surface area (Å²) in [4.78, 5) is 14.6. The molecule has 5 heteroatoms. The van der Waals surface area contributed by atoms with Crippen LogP contribution in [0.2, 0.25) is 0 Å². The van der Waals surface area contributed by atoms with Crippen LogP contribution in [0, 0.1) is 10.1 Å². The van der Waals surface area contributed by atoms with E-state index in [-0.39, 0.29) is 5.69 Å². The molecule has 0 aliphatic carbocycles. The van der Waals surface area contributed by atoms with Gasteiger partial charge in [-0.2, -0.15) is 0 Å². The first-order chi connectivity index (χ1) is 8.24. The summed E-state index contributed by atoms with van der Waals surface area (Å²) >= 11 is 0. The number of nitro groups is 1. The van der Waals surface area contributed by atoms with Crippen LogP contribution in [0.1, 0.15) is 13.3 Å². The molecule has 1 heterocycles. The highest BCUT2D eigenvalue weighted by Crippen LogP contribution is 2.29. The molecule has 0 spiro atoms. The predicted molar refractivity (Wildman–Crippen MR) is 67.2 cm³/mol. The predicted octanol–water partition coefficient (Wildman–Crippen LogP) is 2.96. The van der Waals surface area contributed by atoms with Crippen molar-refractivity contribution in [3.8, 4) is 0 Å². The number of nitrogens with one attached hydrogen (secondary N) is 1. The Hall–Kier alpha value is -2.17. The second-order valence-electron chi connectivity index (χ2n) is 3.72. The second-order valence-corrected chi connectivity index (χ2v) is 3.72. The third-order valence-corrected chi connectivity index (χ3v) is 2.51. The molecule has 0 aliphatic rings. The molecule has 5 nitrogen and oxygen atoms in total. The summed E-state index contributed by atoms with van der Waals surface area (Å²) in [6.45, 7) is 2.90. The van der Waals surface area contributed by atoms with Gasteiger partial charge in [0.1, 0.15) is 5.52 Å². The van der Waals surface area contributed by atoms with Crippen molar-refractivity contribution in [2.24, 2.45) is 0 Å². The van der Waals surface area contributed by atoms with Crippen LogP contribution in [0.25, 0.3) is 10.9 Å². The highest BCUT2D eigenvalue weighted by molar-refractivity contribution is 5.96. The molecule has 2 aromatic rings. The SMILES string of the molecule is CCCNc1ccc([N+](=O)[O-])c2ncccc12. The number of nitro benzene ring substituents is 1. The minimum Gasteiger partial charge on any atom is -0.385 e. The minimum atomic E-state index is -0.404. The average Bonchev–Trinajstić information content (AvgIpc) is 2.35. The van der Waals surface area contributed by atoms with Gasteiger partial charge in [0.2, 0.25) is 0 Å². The van der Waals surface area contributed by atoms with Gasteiger partial charge in [-0.15, -0.1) is 0 Å². The molecule has 17 heavy (non-hydrogen) atoms. The first-order valence-electron chi connectivity index (χ1n) is 5.50. The van der Waals surface area contributed by atoms with E-state index >= 15 is 0 Å². The summed E-state index contributed by atoms with van der Waals surface area (Å²) < 4.78 is 0. The molecule has 1 aromatic carbocycles. The first kappa shape index (κ1) is 11.3. The van der Waals surface area contributed by atoms with E-state index in [1.807, 2.05) is 6.07 Å². The first-order valence-corrected chi connectivity index (χ1v) is 5.50. The van der Waals surface area contributed by atoms with Crippen LogP contribution >= 0.6 is 0 Å². The Morgan fingerprint density at radius 2 is 2.24 bits per heavy atom. The normalized spacial score (nSPS) is 10.4. The van der Waals surface area contributed by atoms with Gasteiger partial charge >= 0.3 is 0 Å². The molecule has 88 valence electrons. The Bertz CT molecular complexity index is 554. The Morgan fingerprint density at radius 1 is 1.41 bits per heavy atom. The molecule has 0 fully saturated rings. The topological polar surface area (TPSA) is 68.1 Å². The van der Waals surface area contributed by atoms with Gasteiger partial charge in [-0.1, -0.05) is 6.92 Å². The lowest BCUT2D eigenvalue weighted by Crippen LogP contribution is -2.01. The van der Waals surface area contributed by atoms with E-state index in [0.717, 1.165) is 24.0 Å². The number of hydrogen-bond acceptors (Lipinski definition) is 4. The van der Waals surface area contributed by atoms with Gasteiger partial charge < -0.3 is 5.32 Å². The molecule has 0 atom stereocenters. The van der Waals surface area contributed by atoms with Crippen molar-refractivity contribution < 1.29 is 4.92 Å². The van der Waals surface area contributed by atoms with E-state index in [9.17, 15) is 10.1 Å². The van der Waals surface area contributed by atoms with Crippen LogP contribution in [0.15, 0.2) is 30.5 Å². The van der Waals surface area contributed by atoms with Crippen LogP contribution < -0.4 is 5.32 Å². The van der Waals surface area contributed by atoms with Crippen molar-refractivity contribution in [3.63, 3.8) is 0 Å².